The second-order valence-electron chi connectivity index (χ2n) is 4.23. The lowest BCUT2D eigenvalue weighted by Crippen LogP contribution is -2.31. The first kappa shape index (κ1) is 14.6. The van der Waals surface area contributed by atoms with Crippen molar-refractivity contribution in [1.82, 2.24) is 10.2 Å². The van der Waals surface area contributed by atoms with E-state index in [1.54, 1.807) is 0 Å². The van der Waals surface area contributed by atoms with Gasteiger partial charge < -0.3 is 5.32 Å². The predicted octanol–water partition coefficient (Wildman–Crippen LogP) is 1.80. The van der Waals surface area contributed by atoms with Crippen LogP contribution in [0, 0.1) is 0 Å². The topological polar surface area (TPSA) is 24.5 Å². The minimum absolute atomic E-state index is 0.263. The number of nitrogens with zero attached hydrogens (tertiary/aromatic N) is 1. The van der Waals surface area contributed by atoms with Gasteiger partial charge >= 0.3 is 6.36 Å². The van der Waals surface area contributed by atoms with Crippen LogP contribution in [-0.2, 0) is 4.74 Å². The molecule has 1 aliphatic heterocycles. The number of rotatable bonds is 5. The fraction of sp³-hybridized carbons (Fsp3) is 1.00. The van der Waals surface area contributed by atoms with Crippen LogP contribution in [0.4, 0.5) is 22.0 Å². The third-order valence-corrected chi connectivity index (χ3v) is 2.50. The Labute approximate surface area is 95.9 Å². The molecular formula is C9H15F5N2O. The molecule has 0 aromatic rings. The second-order valence-corrected chi connectivity index (χ2v) is 4.23. The van der Waals surface area contributed by atoms with Crippen molar-refractivity contribution in [1.29, 1.82) is 0 Å². The van der Waals surface area contributed by atoms with E-state index >= 15 is 0 Å². The van der Waals surface area contributed by atoms with E-state index in [0.717, 1.165) is 0 Å². The molecule has 1 N–H and O–H groups in total. The molecule has 1 unspecified atom stereocenters. The lowest BCUT2D eigenvalue weighted by Gasteiger charge is -2.19. The first-order valence-electron chi connectivity index (χ1n) is 5.18. The number of halogens is 5. The zero-order valence-electron chi connectivity index (χ0n) is 9.36. The molecule has 0 bridgehead atoms. The van der Waals surface area contributed by atoms with Gasteiger partial charge in [0.1, 0.15) is 6.73 Å². The molecule has 0 aliphatic carbocycles. The Hall–Kier alpha value is -0.470. The van der Waals surface area contributed by atoms with Crippen LogP contribution in [0.25, 0.3) is 0 Å². The van der Waals surface area contributed by atoms with E-state index in [9.17, 15) is 22.0 Å². The molecule has 0 radical (unpaired) electrons. The maximum absolute atomic E-state index is 12.8. The van der Waals surface area contributed by atoms with Crippen LogP contribution in [0.15, 0.2) is 0 Å². The van der Waals surface area contributed by atoms with Crippen molar-refractivity contribution < 1.29 is 26.7 Å². The van der Waals surface area contributed by atoms with Crippen molar-refractivity contribution >= 4 is 0 Å². The van der Waals surface area contributed by atoms with Crippen LogP contribution < -0.4 is 5.32 Å². The van der Waals surface area contributed by atoms with Gasteiger partial charge in [-0.3, -0.25) is 9.64 Å². The Balaban J connectivity index is 2.14. The van der Waals surface area contributed by atoms with Crippen LogP contribution in [0.1, 0.15) is 12.8 Å². The van der Waals surface area contributed by atoms with Crippen LogP contribution >= 0.6 is 0 Å². The molecule has 3 nitrogen and oxygen atoms in total. The average Bonchev–Trinajstić information content (AvgIpc) is 2.51. The first-order chi connectivity index (χ1) is 7.68. The van der Waals surface area contributed by atoms with E-state index < -0.39 is 19.0 Å². The van der Waals surface area contributed by atoms with E-state index in [0.29, 0.717) is 6.42 Å². The quantitative estimate of drug-likeness (QED) is 0.604. The molecule has 0 aromatic heterocycles. The molecule has 8 heteroatoms. The maximum atomic E-state index is 12.8. The third-order valence-electron chi connectivity index (χ3n) is 2.50. The Bertz CT molecular complexity index is 246. The molecule has 1 fully saturated rings. The van der Waals surface area contributed by atoms with Gasteiger partial charge in [-0.05, 0) is 13.5 Å². The first-order valence-corrected chi connectivity index (χ1v) is 5.18. The number of nitrogens with one attached hydrogen (secondary N) is 1. The normalized spacial score (nSPS) is 24.5. The second kappa shape index (κ2) is 5.45. The molecule has 1 rings (SSSR count). The highest BCUT2D eigenvalue weighted by molar-refractivity contribution is 4.87. The van der Waals surface area contributed by atoms with Crippen LogP contribution in [0.3, 0.4) is 0 Å². The van der Waals surface area contributed by atoms with E-state index in [1.807, 2.05) is 0 Å². The van der Waals surface area contributed by atoms with Crippen molar-refractivity contribution in [2.24, 2.45) is 0 Å². The minimum atomic E-state index is -4.66. The molecule has 102 valence electrons. The number of hydrogen-bond acceptors (Lipinski definition) is 3. The highest BCUT2D eigenvalue weighted by Crippen LogP contribution is 2.26. The minimum Gasteiger partial charge on any atom is -0.308 e. The average molecular weight is 262 g/mol. The van der Waals surface area contributed by atoms with Gasteiger partial charge in [0.15, 0.2) is 0 Å². The van der Waals surface area contributed by atoms with Crippen molar-refractivity contribution in [2.75, 3.05) is 26.9 Å². The summed E-state index contributed by atoms with van der Waals surface area (Å²) < 4.78 is 64.2. The Kier molecular flexibility index (Phi) is 4.68. The molecule has 1 atom stereocenters. The molecule has 1 heterocycles. The van der Waals surface area contributed by atoms with E-state index in [2.05, 4.69) is 10.1 Å². The summed E-state index contributed by atoms with van der Waals surface area (Å²) in [5.41, 5.74) is 0. The van der Waals surface area contributed by atoms with Gasteiger partial charge in [0, 0.05) is 19.0 Å². The summed E-state index contributed by atoms with van der Waals surface area (Å²) in [6, 6.07) is -0.349. The van der Waals surface area contributed by atoms with Crippen LogP contribution in [0.5, 0.6) is 0 Å². The molecular weight excluding hydrogens is 247 g/mol. The smallest absolute Gasteiger partial charge is 0.308 e. The van der Waals surface area contributed by atoms with Gasteiger partial charge in [0.25, 0.3) is 5.92 Å². The number of ether oxygens (including phenoxy) is 1. The SMILES string of the molecule is CN(CCC1CC(F)(F)CN1)COC(F)(F)F. The van der Waals surface area contributed by atoms with Crippen molar-refractivity contribution in [3.05, 3.63) is 0 Å². The molecule has 1 saturated heterocycles. The van der Waals surface area contributed by atoms with Gasteiger partial charge in [0.05, 0.1) is 6.54 Å². The molecule has 0 spiro atoms. The summed E-state index contributed by atoms with van der Waals surface area (Å²) in [6.45, 7) is -0.684. The van der Waals surface area contributed by atoms with Crippen molar-refractivity contribution in [3.63, 3.8) is 0 Å². The summed E-state index contributed by atoms with van der Waals surface area (Å²) in [6.07, 6.45) is -4.55. The number of alkyl halides is 5. The lowest BCUT2D eigenvalue weighted by atomic mass is 10.1. The van der Waals surface area contributed by atoms with E-state index in [4.69, 9.17) is 0 Å². The zero-order chi connectivity index (χ0) is 13.1. The Morgan fingerprint density at radius 3 is 2.53 bits per heavy atom. The molecule has 0 aromatic carbocycles. The van der Waals surface area contributed by atoms with Gasteiger partial charge in [0.2, 0.25) is 0 Å². The molecule has 0 saturated carbocycles. The monoisotopic (exact) mass is 262 g/mol. The highest BCUT2D eigenvalue weighted by Gasteiger charge is 2.38. The fourth-order valence-corrected chi connectivity index (χ4v) is 1.63. The summed E-state index contributed by atoms with van der Waals surface area (Å²) in [5, 5.41) is 2.63. The van der Waals surface area contributed by atoms with Crippen molar-refractivity contribution in [3.8, 4) is 0 Å². The molecule has 0 amide bonds. The predicted molar refractivity (Wildman–Crippen MR) is 50.6 cm³/mol. The van der Waals surface area contributed by atoms with Crippen LogP contribution in [0.2, 0.25) is 0 Å². The van der Waals surface area contributed by atoms with Gasteiger partial charge in [-0.15, -0.1) is 13.2 Å². The van der Waals surface area contributed by atoms with Crippen molar-refractivity contribution in [2.45, 2.75) is 31.2 Å². The largest absolute Gasteiger partial charge is 0.523 e. The number of hydrogen-bond donors (Lipinski definition) is 1. The summed E-state index contributed by atoms with van der Waals surface area (Å²) in [4.78, 5) is 1.30. The van der Waals surface area contributed by atoms with E-state index in [1.165, 1.54) is 11.9 Å². The third kappa shape index (κ3) is 6.13. The summed E-state index contributed by atoms with van der Waals surface area (Å²) in [7, 11) is 1.44. The van der Waals surface area contributed by atoms with Gasteiger partial charge in [-0.25, -0.2) is 8.78 Å². The summed E-state index contributed by atoms with van der Waals surface area (Å²) in [5.74, 6) is -2.70. The molecule has 1 aliphatic rings. The fourth-order valence-electron chi connectivity index (χ4n) is 1.63. The lowest BCUT2D eigenvalue weighted by molar-refractivity contribution is -0.335. The Morgan fingerprint density at radius 1 is 1.41 bits per heavy atom. The van der Waals surface area contributed by atoms with Gasteiger partial charge in [-0.1, -0.05) is 0 Å². The highest BCUT2D eigenvalue weighted by atomic mass is 19.4. The van der Waals surface area contributed by atoms with Crippen LogP contribution in [-0.4, -0.2) is 50.1 Å². The van der Waals surface area contributed by atoms with E-state index in [-0.39, 0.29) is 25.6 Å². The standard InChI is InChI=1S/C9H15F5N2O/c1-16(6-17-9(12,13)14)3-2-7-4-8(10,11)5-15-7/h7,15H,2-6H2,1H3. The van der Waals surface area contributed by atoms with Gasteiger partial charge in [-0.2, -0.15) is 0 Å². The Morgan fingerprint density at radius 2 is 2.06 bits per heavy atom. The summed E-state index contributed by atoms with van der Waals surface area (Å²) >= 11 is 0. The zero-order valence-corrected chi connectivity index (χ0v) is 9.36. The molecule has 17 heavy (non-hydrogen) atoms. The maximum Gasteiger partial charge on any atom is 0.523 e.